The molecular formula is C23H19FN4OS. The van der Waals surface area contributed by atoms with Gasteiger partial charge in [-0.15, -0.1) is 10.2 Å². The second-order valence-corrected chi connectivity index (χ2v) is 7.53. The van der Waals surface area contributed by atoms with Crippen LogP contribution in [0.3, 0.4) is 0 Å². The van der Waals surface area contributed by atoms with Gasteiger partial charge in [0.05, 0.1) is 12.3 Å². The molecule has 0 radical (unpaired) electrons. The van der Waals surface area contributed by atoms with Crippen LogP contribution in [0.4, 0.5) is 10.1 Å². The summed E-state index contributed by atoms with van der Waals surface area (Å²) in [5.41, 5.74) is 2.59. The Bertz CT molecular complexity index is 1120. The number of benzene rings is 3. The molecule has 0 aliphatic heterocycles. The molecule has 7 heteroatoms. The van der Waals surface area contributed by atoms with Crippen molar-refractivity contribution in [1.29, 1.82) is 0 Å². The summed E-state index contributed by atoms with van der Waals surface area (Å²) in [4.78, 5) is 12.3. The first-order valence-electron chi connectivity index (χ1n) is 9.40. The molecule has 30 heavy (non-hydrogen) atoms. The number of halogens is 1. The van der Waals surface area contributed by atoms with Crippen LogP contribution in [0.15, 0.2) is 90.1 Å². The molecule has 0 atom stereocenters. The average Bonchev–Trinajstić information content (AvgIpc) is 3.17. The first-order chi connectivity index (χ1) is 14.7. The molecule has 0 spiro atoms. The third-order valence-corrected chi connectivity index (χ3v) is 5.36. The summed E-state index contributed by atoms with van der Waals surface area (Å²) >= 11 is 1.32. The number of amides is 1. The van der Waals surface area contributed by atoms with Gasteiger partial charge in [-0.1, -0.05) is 72.4 Å². The largest absolute Gasteiger partial charge is 0.325 e. The van der Waals surface area contributed by atoms with E-state index in [-0.39, 0.29) is 17.5 Å². The van der Waals surface area contributed by atoms with E-state index >= 15 is 0 Å². The standard InChI is InChI=1S/C23H19FN4OS/c24-19-13-11-17(12-14-19)15-28-22(18-7-3-1-4-8-18)26-27-23(28)30-16-21(29)25-20-9-5-2-6-10-20/h1-14H,15-16H2,(H,25,29). The van der Waals surface area contributed by atoms with E-state index in [4.69, 9.17) is 0 Å². The Morgan fingerprint density at radius 3 is 2.27 bits per heavy atom. The number of carbonyl (C=O) groups is 1. The van der Waals surface area contributed by atoms with E-state index in [1.54, 1.807) is 12.1 Å². The van der Waals surface area contributed by atoms with Crippen molar-refractivity contribution in [3.63, 3.8) is 0 Å². The highest BCUT2D eigenvalue weighted by Gasteiger charge is 2.16. The molecule has 0 aliphatic carbocycles. The SMILES string of the molecule is O=C(CSc1nnc(-c2ccccc2)n1Cc1ccc(F)cc1)Nc1ccccc1. The average molecular weight is 418 g/mol. The third-order valence-electron chi connectivity index (χ3n) is 4.39. The first-order valence-corrected chi connectivity index (χ1v) is 10.4. The lowest BCUT2D eigenvalue weighted by Gasteiger charge is -2.11. The molecule has 5 nitrogen and oxygen atoms in total. The highest BCUT2D eigenvalue weighted by molar-refractivity contribution is 7.99. The lowest BCUT2D eigenvalue weighted by Crippen LogP contribution is -2.14. The molecule has 1 amide bonds. The molecule has 150 valence electrons. The fourth-order valence-electron chi connectivity index (χ4n) is 2.96. The summed E-state index contributed by atoms with van der Waals surface area (Å²) in [5.74, 6) is 0.498. The smallest absolute Gasteiger partial charge is 0.234 e. The molecule has 1 heterocycles. The minimum absolute atomic E-state index is 0.121. The van der Waals surface area contributed by atoms with E-state index in [1.165, 1.54) is 23.9 Å². The summed E-state index contributed by atoms with van der Waals surface area (Å²) in [6, 6.07) is 25.4. The van der Waals surface area contributed by atoms with Gasteiger partial charge < -0.3 is 5.32 Å². The number of thioether (sulfide) groups is 1. The van der Waals surface area contributed by atoms with Gasteiger partial charge in [0.15, 0.2) is 11.0 Å². The van der Waals surface area contributed by atoms with Crippen molar-refractivity contribution in [2.24, 2.45) is 0 Å². The number of hydrogen-bond donors (Lipinski definition) is 1. The van der Waals surface area contributed by atoms with Crippen LogP contribution in [-0.4, -0.2) is 26.4 Å². The van der Waals surface area contributed by atoms with Crippen molar-refractivity contribution >= 4 is 23.4 Å². The van der Waals surface area contributed by atoms with Crippen molar-refractivity contribution in [3.05, 3.63) is 96.3 Å². The predicted octanol–water partition coefficient (Wildman–Crippen LogP) is 4.86. The van der Waals surface area contributed by atoms with Crippen LogP contribution in [0.1, 0.15) is 5.56 Å². The van der Waals surface area contributed by atoms with Gasteiger partial charge in [0.2, 0.25) is 5.91 Å². The molecule has 0 bridgehead atoms. The monoisotopic (exact) mass is 418 g/mol. The van der Waals surface area contributed by atoms with Crippen LogP contribution in [0.25, 0.3) is 11.4 Å². The predicted molar refractivity (Wildman–Crippen MR) is 117 cm³/mol. The number of hydrogen-bond acceptors (Lipinski definition) is 4. The van der Waals surface area contributed by atoms with Gasteiger partial charge in [0.25, 0.3) is 0 Å². The van der Waals surface area contributed by atoms with Crippen molar-refractivity contribution in [1.82, 2.24) is 14.8 Å². The van der Waals surface area contributed by atoms with Crippen LogP contribution < -0.4 is 5.32 Å². The minimum Gasteiger partial charge on any atom is -0.325 e. The van der Waals surface area contributed by atoms with Gasteiger partial charge in [0.1, 0.15) is 5.82 Å². The Labute approximate surface area is 178 Å². The number of nitrogens with zero attached hydrogens (tertiary/aromatic N) is 3. The maximum atomic E-state index is 13.3. The number of carbonyl (C=O) groups excluding carboxylic acids is 1. The van der Waals surface area contributed by atoms with Crippen LogP contribution in [0.5, 0.6) is 0 Å². The van der Waals surface area contributed by atoms with Crippen molar-refractivity contribution in [3.8, 4) is 11.4 Å². The molecule has 4 aromatic rings. The topological polar surface area (TPSA) is 59.8 Å². The van der Waals surface area contributed by atoms with Crippen LogP contribution in [0.2, 0.25) is 0 Å². The van der Waals surface area contributed by atoms with Crippen molar-refractivity contribution < 1.29 is 9.18 Å². The molecule has 0 aliphatic rings. The number of aromatic nitrogens is 3. The molecule has 3 aromatic carbocycles. The van der Waals surface area contributed by atoms with Crippen molar-refractivity contribution in [2.45, 2.75) is 11.7 Å². The number of nitrogens with one attached hydrogen (secondary N) is 1. The van der Waals surface area contributed by atoms with Crippen LogP contribution >= 0.6 is 11.8 Å². The second kappa shape index (κ2) is 9.37. The van der Waals surface area contributed by atoms with E-state index < -0.39 is 0 Å². The lowest BCUT2D eigenvalue weighted by molar-refractivity contribution is -0.113. The van der Waals surface area contributed by atoms with E-state index in [1.807, 2.05) is 65.2 Å². The van der Waals surface area contributed by atoms with Gasteiger partial charge in [0, 0.05) is 11.3 Å². The molecule has 1 N–H and O–H groups in total. The Morgan fingerprint density at radius 2 is 1.57 bits per heavy atom. The third kappa shape index (κ3) is 4.93. The summed E-state index contributed by atoms with van der Waals surface area (Å²) in [7, 11) is 0. The maximum Gasteiger partial charge on any atom is 0.234 e. The van der Waals surface area contributed by atoms with E-state index in [9.17, 15) is 9.18 Å². The fourth-order valence-corrected chi connectivity index (χ4v) is 3.70. The minimum atomic E-state index is -0.280. The molecule has 0 fully saturated rings. The molecule has 0 unspecified atom stereocenters. The number of rotatable bonds is 7. The van der Waals surface area contributed by atoms with Gasteiger partial charge in [-0.25, -0.2) is 4.39 Å². The normalized spacial score (nSPS) is 10.7. The quantitative estimate of drug-likeness (QED) is 0.435. The zero-order valence-electron chi connectivity index (χ0n) is 16.0. The van der Waals surface area contributed by atoms with Gasteiger partial charge in [-0.3, -0.25) is 9.36 Å². The molecule has 0 saturated heterocycles. The lowest BCUT2D eigenvalue weighted by atomic mass is 10.2. The summed E-state index contributed by atoms with van der Waals surface area (Å²) < 4.78 is 15.2. The molecule has 1 aromatic heterocycles. The maximum absolute atomic E-state index is 13.3. The van der Waals surface area contributed by atoms with Crippen LogP contribution in [-0.2, 0) is 11.3 Å². The van der Waals surface area contributed by atoms with Crippen molar-refractivity contribution in [2.75, 3.05) is 11.1 Å². The summed E-state index contributed by atoms with van der Waals surface area (Å²) in [6.45, 7) is 0.472. The Kier molecular flexibility index (Phi) is 6.20. The summed E-state index contributed by atoms with van der Waals surface area (Å²) in [5, 5.41) is 12.1. The Balaban J connectivity index is 1.55. The van der Waals surface area contributed by atoms with E-state index in [0.717, 1.165) is 16.8 Å². The summed E-state index contributed by atoms with van der Waals surface area (Å²) in [6.07, 6.45) is 0. The van der Waals surface area contributed by atoms with E-state index in [2.05, 4.69) is 15.5 Å². The highest BCUT2D eigenvalue weighted by Crippen LogP contribution is 2.25. The fraction of sp³-hybridized carbons (Fsp3) is 0.0870. The number of para-hydroxylation sites is 1. The zero-order chi connectivity index (χ0) is 20.8. The Morgan fingerprint density at radius 1 is 0.900 bits per heavy atom. The highest BCUT2D eigenvalue weighted by atomic mass is 32.2. The Hall–Kier alpha value is -3.45. The molecule has 4 rings (SSSR count). The van der Waals surface area contributed by atoms with Gasteiger partial charge in [-0.2, -0.15) is 0 Å². The van der Waals surface area contributed by atoms with Gasteiger partial charge in [-0.05, 0) is 29.8 Å². The second-order valence-electron chi connectivity index (χ2n) is 6.59. The molecule has 0 saturated carbocycles. The molecular weight excluding hydrogens is 399 g/mol. The zero-order valence-corrected chi connectivity index (χ0v) is 16.8. The number of anilines is 1. The van der Waals surface area contributed by atoms with Crippen LogP contribution in [0, 0.1) is 5.82 Å². The van der Waals surface area contributed by atoms with E-state index in [0.29, 0.717) is 17.5 Å². The van der Waals surface area contributed by atoms with Gasteiger partial charge >= 0.3 is 0 Å². The first kappa shape index (κ1) is 19.8.